The van der Waals surface area contributed by atoms with Crippen molar-refractivity contribution in [3.8, 4) is 5.75 Å². The summed E-state index contributed by atoms with van der Waals surface area (Å²) >= 11 is 3.20. The van der Waals surface area contributed by atoms with Gasteiger partial charge in [0.05, 0.1) is 11.1 Å². The van der Waals surface area contributed by atoms with E-state index in [4.69, 9.17) is 4.74 Å². The van der Waals surface area contributed by atoms with Crippen LogP contribution in [0, 0.1) is 5.82 Å². The van der Waals surface area contributed by atoms with E-state index in [-0.39, 0.29) is 5.82 Å². The molecule has 104 valence electrons. The zero-order valence-corrected chi connectivity index (χ0v) is 12.5. The number of hydrogen-bond acceptors (Lipinski definition) is 2. The van der Waals surface area contributed by atoms with E-state index in [0.29, 0.717) is 10.4 Å². The maximum atomic E-state index is 13.2. The van der Waals surface area contributed by atoms with Crippen molar-refractivity contribution in [2.75, 3.05) is 18.5 Å². The van der Waals surface area contributed by atoms with Crippen LogP contribution in [0.5, 0.6) is 5.75 Å². The quantitative estimate of drug-likeness (QED) is 0.887. The molecule has 0 saturated carbocycles. The molecule has 0 saturated heterocycles. The number of benzene rings is 2. The van der Waals surface area contributed by atoms with Gasteiger partial charge in [0, 0.05) is 18.2 Å². The number of para-hydroxylation sites is 1. The summed E-state index contributed by atoms with van der Waals surface area (Å²) in [7, 11) is 0. The summed E-state index contributed by atoms with van der Waals surface area (Å²) in [5.74, 6) is 1.15. The lowest BCUT2D eigenvalue weighted by molar-refractivity contribution is 0.270. The fourth-order valence-electron chi connectivity index (χ4n) is 2.48. The summed E-state index contributed by atoms with van der Waals surface area (Å²) < 4.78 is 19.3. The van der Waals surface area contributed by atoms with Gasteiger partial charge in [0.2, 0.25) is 0 Å². The second kappa shape index (κ2) is 5.83. The molecular formula is C16H15BrFNO. The Balaban J connectivity index is 1.71. The van der Waals surface area contributed by atoms with Gasteiger partial charge in [-0.15, -0.1) is 0 Å². The molecule has 2 aromatic rings. The maximum Gasteiger partial charge on any atom is 0.137 e. The van der Waals surface area contributed by atoms with Crippen LogP contribution in [0.1, 0.15) is 17.9 Å². The molecule has 1 unspecified atom stereocenters. The molecule has 2 aromatic carbocycles. The van der Waals surface area contributed by atoms with Crippen LogP contribution in [0.25, 0.3) is 0 Å². The molecular weight excluding hydrogens is 321 g/mol. The normalized spacial score (nSPS) is 17.2. The molecule has 0 bridgehead atoms. The van der Waals surface area contributed by atoms with E-state index in [2.05, 4.69) is 27.3 Å². The van der Waals surface area contributed by atoms with E-state index < -0.39 is 0 Å². The molecule has 3 rings (SSSR count). The Kier molecular flexibility index (Phi) is 3.92. The third-order valence-corrected chi connectivity index (χ3v) is 4.16. The first-order chi connectivity index (χ1) is 9.74. The zero-order valence-electron chi connectivity index (χ0n) is 10.9. The highest BCUT2D eigenvalue weighted by atomic mass is 79.9. The van der Waals surface area contributed by atoms with Crippen LogP contribution in [0.4, 0.5) is 10.1 Å². The largest absolute Gasteiger partial charge is 0.493 e. The van der Waals surface area contributed by atoms with E-state index in [1.165, 1.54) is 11.6 Å². The summed E-state index contributed by atoms with van der Waals surface area (Å²) in [6.45, 7) is 1.56. The lowest BCUT2D eigenvalue weighted by atomic mass is 9.93. The molecule has 1 heterocycles. The smallest absolute Gasteiger partial charge is 0.137 e. The minimum atomic E-state index is -0.244. The first-order valence-electron chi connectivity index (χ1n) is 6.64. The fourth-order valence-corrected chi connectivity index (χ4v) is 2.85. The SMILES string of the molecule is Fc1ccc(NCC2CCOc3ccccc32)cc1Br. The first-order valence-corrected chi connectivity index (χ1v) is 7.44. The van der Waals surface area contributed by atoms with Crippen molar-refractivity contribution in [3.63, 3.8) is 0 Å². The van der Waals surface area contributed by atoms with Crippen LogP contribution < -0.4 is 10.1 Å². The lowest BCUT2D eigenvalue weighted by Gasteiger charge is -2.26. The molecule has 0 amide bonds. The summed E-state index contributed by atoms with van der Waals surface area (Å²) in [5.41, 5.74) is 2.16. The number of fused-ring (bicyclic) bond motifs is 1. The Morgan fingerprint density at radius 3 is 2.95 bits per heavy atom. The van der Waals surface area contributed by atoms with Crippen molar-refractivity contribution < 1.29 is 9.13 Å². The van der Waals surface area contributed by atoms with Gasteiger partial charge in [-0.3, -0.25) is 0 Å². The molecule has 4 heteroatoms. The third kappa shape index (κ3) is 2.80. The Bertz CT molecular complexity index is 617. The number of rotatable bonds is 3. The minimum Gasteiger partial charge on any atom is -0.493 e. The minimum absolute atomic E-state index is 0.244. The number of hydrogen-bond donors (Lipinski definition) is 1. The van der Waals surface area contributed by atoms with Gasteiger partial charge in [-0.2, -0.15) is 0 Å². The van der Waals surface area contributed by atoms with Gasteiger partial charge in [-0.05, 0) is 52.2 Å². The van der Waals surface area contributed by atoms with Crippen LogP contribution in [-0.4, -0.2) is 13.2 Å². The zero-order chi connectivity index (χ0) is 13.9. The van der Waals surface area contributed by atoms with E-state index in [9.17, 15) is 4.39 Å². The molecule has 1 atom stereocenters. The second-order valence-electron chi connectivity index (χ2n) is 4.88. The van der Waals surface area contributed by atoms with E-state index in [0.717, 1.165) is 31.0 Å². The molecule has 0 aliphatic carbocycles. The number of anilines is 1. The van der Waals surface area contributed by atoms with Crippen molar-refractivity contribution >= 4 is 21.6 Å². The van der Waals surface area contributed by atoms with E-state index in [1.807, 2.05) is 18.2 Å². The highest BCUT2D eigenvalue weighted by Gasteiger charge is 2.20. The topological polar surface area (TPSA) is 21.3 Å². The van der Waals surface area contributed by atoms with Crippen LogP contribution in [-0.2, 0) is 0 Å². The second-order valence-corrected chi connectivity index (χ2v) is 5.74. The van der Waals surface area contributed by atoms with Crippen LogP contribution in [0.3, 0.4) is 0 Å². The molecule has 1 N–H and O–H groups in total. The predicted molar refractivity (Wildman–Crippen MR) is 81.9 cm³/mol. The van der Waals surface area contributed by atoms with Crippen LogP contribution in [0.15, 0.2) is 46.9 Å². The van der Waals surface area contributed by atoms with Crippen molar-refractivity contribution in [2.45, 2.75) is 12.3 Å². The van der Waals surface area contributed by atoms with Gasteiger partial charge < -0.3 is 10.1 Å². The summed E-state index contributed by atoms with van der Waals surface area (Å²) in [5, 5.41) is 3.37. The third-order valence-electron chi connectivity index (χ3n) is 3.55. The molecule has 0 spiro atoms. The molecule has 1 aliphatic heterocycles. The van der Waals surface area contributed by atoms with Gasteiger partial charge in [0.1, 0.15) is 11.6 Å². The van der Waals surface area contributed by atoms with Crippen LogP contribution >= 0.6 is 15.9 Å². The Labute approximate surface area is 126 Å². The summed E-state index contributed by atoms with van der Waals surface area (Å²) in [6, 6.07) is 13.1. The van der Waals surface area contributed by atoms with Crippen molar-refractivity contribution in [2.24, 2.45) is 0 Å². The molecule has 2 nitrogen and oxygen atoms in total. The van der Waals surface area contributed by atoms with Crippen molar-refractivity contribution in [1.82, 2.24) is 0 Å². The highest BCUT2D eigenvalue weighted by Crippen LogP contribution is 2.33. The highest BCUT2D eigenvalue weighted by molar-refractivity contribution is 9.10. The van der Waals surface area contributed by atoms with Gasteiger partial charge >= 0.3 is 0 Å². The molecule has 1 aliphatic rings. The van der Waals surface area contributed by atoms with Crippen molar-refractivity contribution in [1.29, 1.82) is 0 Å². The predicted octanol–water partition coefficient (Wildman–Crippen LogP) is 4.57. The van der Waals surface area contributed by atoms with Crippen molar-refractivity contribution in [3.05, 3.63) is 58.3 Å². The van der Waals surface area contributed by atoms with Gasteiger partial charge in [-0.1, -0.05) is 18.2 Å². The number of nitrogens with one attached hydrogen (secondary N) is 1. The molecule has 0 radical (unpaired) electrons. The fraction of sp³-hybridized carbons (Fsp3) is 0.250. The summed E-state index contributed by atoms with van der Waals surface area (Å²) in [6.07, 6.45) is 0.992. The van der Waals surface area contributed by atoms with Gasteiger partial charge in [-0.25, -0.2) is 4.39 Å². The molecule has 0 aromatic heterocycles. The maximum absolute atomic E-state index is 13.2. The van der Waals surface area contributed by atoms with E-state index in [1.54, 1.807) is 12.1 Å². The standard InChI is InChI=1S/C16H15BrFNO/c17-14-9-12(5-6-15(14)18)19-10-11-7-8-20-16-4-2-1-3-13(11)16/h1-6,9,11,19H,7-8,10H2. The number of ether oxygens (including phenoxy) is 1. The first kappa shape index (κ1) is 13.4. The molecule has 0 fully saturated rings. The monoisotopic (exact) mass is 335 g/mol. The summed E-state index contributed by atoms with van der Waals surface area (Å²) in [4.78, 5) is 0. The van der Waals surface area contributed by atoms with Crippen LogP contribution in [0.2, 0.25) is 0 Å². The number of halogens is 2. The van der Waals surface area contributed by atoms with Gasteiger partial charge in [0.15, 0.2) is 0 Å². The Hall–Kier alpha value is -1.55. The van der Waals surface area contributed by atoms with Gasteiger partial charge in [0.25, 0.3) is 0 Å². The Morgan fingerprint density at radius 1 is 1.25 bits per heavy atom. The van der Waals surface area contributed by atoms with E-state index >= 15 is 0 Å². The molecule has 20 heavy (non-hydrogen) atoms. The lowest BCUT2D eigenvalue weighted by Crippen LogP contribution is -2.20. The average Bonchev–Trinajstić information content (AvgIpc) is 2.48. The Morgan fingerprint density at radius 2 is 2.10 bits per heavy atom. The average molecular weight is 336 g/mol.